The zero-order chi connectivity index (χ0) is 14.4. The summed E-state index contributed by atoms with van der Waals surface area (Å²) in [6.07, 6.45) is 0. The first-order valence-corrected chi connectivity index (χ1v) is 6.69. The van der Waals surface area contributed by atoms with Crippen molar-refractivity contribution < 1.29 is 4.39 Å². The van der Waals surface area contributed by atoms with Gasteiger partial charge in [0.15, 0.2) is 0 Å². The van der Waals surface area contributed by atoms with Crippen LogP contribution in [0.15, 0.2) is 30.3 Å². The lowest BCUT2D eigenvalue weighted by Crippen LogP contribution is -2.02. The molecule has 0 fully saturated rings. The van der Waals surface area contributed by atoms with Crippen LogP contribution in [0.4, 0.5) is 10.3 Å². The van der Waals surface area contributed by atoms with Crippen LogP contribution in [0.2, 0.25) is 15.1 Å². The number of nitrogen functional groups attached to an aromatic ring is 1. The second-order valence-electron chi connectivity index (χ2n) is 4.16. The summed E-state index contributed by atoms with van der Waals surface area (Å²) in [5, 5.41) is 1.01. The van der Waals surface area contributed by atoms with Crippen LogP contribution in [-0.2, 0) is 0 Å². The number of hydrogen-bond acceptors (Lipinski definition) is 2. The van der Waals surface area contributed by atoms with E-state index in [9.17, 15) is 4.39 Å². The molecule has 0 unspecified atom stereocenters. The standard InChI is InChI=1S/C13H7Cl3FN3/c14-6-1-2-11(9(17)3-6)20-12-5-8(16)7(15)4-10(12)19-13(20)18/h1-5H,(H2,18,19). The van der Waals surface area contributed by atoms with E-state index >= 15 is 0 Å². The smallest absolute Gasteiger partial charge is 0.206 e. The van der Waals surface area contributed by atoms with Crippen LogP contribution in [0.3, 0.4) is 0 Å². The highest BCUT2D eigenvalue weighted by Gasteiger charge is 2.15. The quantitative estimate of drug-likeness (QED) is 0.702. The van der Waals surface area contributed by atoms with E-state index in [0.29, 0.717) is 26.1 Å². The van der Waals surface area contributed by atoms with Gasteiger partial charge in [0.05, 0.1) is 26.8 Å². The van der Waals surface area contributed by atoms with E-state index in [0.717, 1.165) is 0 Å². The summed E-state index contributed by atoms with van der Waals surface area (Å²) in [5.74, 6) is -0.367. The number of rotatable bonds is 1. The normalized spacial score (nSPS) is 11.2. The Bertz CT molecular complexity index is 829. The number of nitrogens with zero attached hydrogens (tertiary/aromatic N) is 2. The Labute approximate surface area is 128 Å². The first-order chi connectivity index (χ1) is 9.47. The summed E-state index contributed by atoms with van der Waals surface area (Å²) in [6.45, 7) is 0. The summed E-state index contributed by atoms with van der Waals surface area (Å²) in [6, 6.07) is 7.48. The van der Waals surface area contributed by atoms with E-state index in [-0.39, 0.29) is 11.6 Å². The zero-order valence-corrected chi connectivity index (χ0v) is 12.1. The molecule has 0 aliphatic carbocycles. The molecule has 0 bridgehead atoms. The Morgan fingerprint density at radius 3 is 2.45 bits per heavy atom. The van der Waals surface area contributed by atoms with Crippen molar-refractivity contribution in [1.82, 2.24) is 9.55 Å². The molecule has 0 aliphatic rings. The van der Waals surface area contributed by atoms with Gasteiger partial charge in [0.1, 0.15) is 5.82 Å². The van der Waals surface area contributed by atoms with Gasteiger partial charge < -0.3 is 5.73 Å². The molecule has 102 valence electrons. The highest BCUT2D eigenvalue weighted by atomic mass is 35.5. The molecule has 0 atom stereocenters. The van der Waals surface area contributed by atoms with E-state index in [1.807, 2.05) is 0 Å². The number of halogens is 4. The number of hydrogen-bond donors (Lipinski definition) is 1. The molecule has 0 spiro atoms. The number of nitrogens with two attached hydrogens (primary N) is 1. The molecule has 2 aromatic carbocycles. The van der Waals surface area contributed by atoms with Gasteiger partial charge in [-0.05, 0) is 30.3 Å². The molecule has 2 N–H and O–H groups in total. The third-order valence-corrected chi connectivity index (χ3v) is 3.83. The van der Waals surface area contributed by atoms with Crippen LogP contribution in [0, 0.1) is 5.82 Å². The molecule has 0 saturated heterocycles. The van der Waals surface area contributed by atoms with Gasteiger partial charge >= 0.3 is 0 Å². The molecule has 3 rings (SSSR count). The maximum Gasteiger partial charge on any atom is 0.206 e. The molecule has 0 radical (unpaired) electrons. The third-order valence-electron chi connectivity index (χ3n) is 2.87. The van der Waals surface area contributed by atoms with Crippen LogP contribution in [0.25, 0.3) is 16.7 Å². The molecule has 0 saturated carbocycles. The van der Waals surface area contributed by atoms with Gasteiger partial charge in [-0.15, -0.1) is 0 Å². The summed E-state index contributed by atoms with van der Waals surface area (Å²) >= 11 is 17.7. The fourth-order valence-electron chi connectivity index (χ4n) is 2.01. The summed E-state index contributed by atoms with van der Waals surface area (Å²) in [5.41, 5.74) is 7.20. The van der Waals surface area contributed by atoms with Gasteiger partial charge in [-0.2, -0.15) is 0 Å². The highest BCUT2D eigenvalue weighted by Crippen LogP contribution is 2.32. The van der Waals surface area contributed by atoms with Crippen molar-refractivity contribution in [3.8, 4) is 5.69 Å². The van der Waals surface area contributed by atoms with Crippen molar-refractivity contribution in [2.24, 2.45) is 0 Å². The molecule has 3 aromatic rings. The van der Waals surface area contributed by atoms with Crippen molar-refractivity contribution in [3.63, 3.8) is 0 Å². The molecular formula is C13H7Cl3FN3. The number of imidazole rings is 1. The molecule has 1 aromatic heterocycles. The van der Waals surface area contributed by atoms with Crippen LogP contribution in [-0.4, -0.2) is 9.55 Å². The third kappa shape index (κ3) is 2.10. The average Bonchev–Trinajstić information content (AvgIpc) is 2.66. The maximum atomic E-state index is 14.1. The number of fused-ring (bicyclic) bond motifs is 1. The Hall–Kier alpha value is -1.49. The van der Waals surface area contributed by atoms with E-state index < -0.39 is 5.82 Å². The van der Waals surface area contributed by atoms with E-state index in [2.05, 4.69) is 4.98 Å². The van der Waals surface area contributed by atoms with Crippen molar-refractivity contribution in [2.75, 3.05) is 5.73 Å². The van der Waals surface area contributed by atoms with E-state index in [1.54, 1.807) is 18.2 Å². The van der Waals surface area contributed by atoms with E-state index in [4.69, 9.17) is 40.5 Å². The molecule has 0 aliphatic heterocycles. The van der Waals surface area contributed by atoms with Crippen LogP contribution in [0.5, 0.6) is 0 Å². The van der Waals surface area contributed by atoms with Crippen LogP contribution < -0.4 is 5.73 Å². The van der Waals surface area contributed by atoms with Gasteiger partial charge in [-0.25, -0.2) is 9.37 Å². The Kier molecular flexibility index (Phi) is 3.24. The second-order valence-corrected chi connectivity index (χ2v) is 5.41. The number of anilines is 1. The average molecular weight is 331 g/mol. The minimum atomic E-state index is -0.505. The first kappa shape index (κ1) is 13.5. The topological polar surface area (TPSA) is 43.8 Å². The Morgan fingerprint density at radius 2 is 1.75 bits per heavy atom. The van der Waals surface area contributed by atoms with Gasteiger partial charge in [-0.3, -0.25) is 4.57 Å². The summed E-state index contributed by atoms with van der Waals surface area (Å²) in [7, 11) is 0. The molecule has 7 heteroatoms. The van der Waals surface area contributed by atoms with Gasteiger partial charge in [0.25, 0.3) is 0 Å². The largest absolute Gasteiger partial charge is 0.369 e. The number of benzene rings is 2. The lowest BCUT2D eigenvalue weighted by Gasteiger charge is -2.08. The first-order valence-electron chi connectivity index (χ1n) is 5.56. The van der Waals surface area contributed by atoms with Crippen LogP contribution in [0.1, 0.15) is 0 Å². The van der Waals surface area contributed by atoms with Crippen molar-refractivity contribution in [3.05, 3.63) is 51.2 Å². The molecular weight excluding hydrogens is 324 g/mol. The summed E-state index contributed by atoms with van der Waals surface area (Å²) in [4.78, 5) is 4.15. The van der Waals surface area contributed by atoms with E-state index in [1.165, 1.54) is 16.7 Å². The van der Waals surface area contributed by atoms with Gasteiger partial charge in [-0.1, -0.05) is 34.8 Å². The second kappa shape index (κ2) is 4.81. The zero-order valence-electron chi connectivity index (χ0n) is 9.87. The Morgan fingerprint density at radius 1 is 1.05 bits per heavy atom. The fraction of sp³-hybridized carbons (Fsp3) is 0. The fourth-order valence-corrected chi connectivity index (χ4v) is 2.48. The molecule has 1 heterocycles. The minimum absolute atomic E-state index is 0.138. The predicted molar refractivity (Wildman–Crippen MR) is 80.5 cm³/mol. The molecule has 0 amide bonds. The van der Waals surface area contributed by atoms with Crippen molar-refractivity contribution >= 4 is 51.8 Å². The van der Waals surface area contributed by atoms with Crippen molar-refractivity contribution in [2.45, 2.75) is 0 Å². The predicted octanol–water partition coefficient (Wildman–Crippen LogP) is 4.71. The van der Waals surface area contributed by atoms with Gasteiger partial charge in [0, 0.05) is 5.02 Å². The molecule has 3 nitrogen and oxygen atoms in total. The molecule has 20 heavy (non-hydrogen) atoms. The maximum absolute atomic E-state index is 14.1. The lowest BCUT2D eigenvalue weighted by molar-refractivity contribution is 0.620. The highest BCUT2D eigenvalue weighted by molar-refractivity contribution is 6.42. The number of aromatic nitrogens is 2. The van der Waals surface area contributed by atoms with Crippen LogP contribution >= 0.6 is 34.8 Å². The monoisotopic (exact) mass is 329 g/mol. The lowest BCUT2D eigenvalue weighted by atomic mass is 10.2. The van der Waals surface area contributed by atoms with Gasteiger partial charge in [0.2, 0.25) is 5.95 Å². The van der Waals surface area contributed by atoms with Crippen molar-refractivity contribution in [1.29, 1.82) is 0 Å². The summed E-state index contributed by atoms with van der Waals surface area (Å²) < 4.78 is 15.5. The minimum Gasteiger partial charge on any atom is -0.369 e. The SMILES string of the molecule is Nc1nc2cc(Cl)c(Cl)cc2n1-c1ccc(Cl)cc1F. The Balaban J connectivity index is 2.35.